The molecule has 0 saturated carbocycles. The van der Waals surface area contributed by atoms with Gasteiger partial charge in [-0.15, -0.1) is 0 Å². The van der Waals surface area contributed by atoms with E-state index >= 15 is 0 Å². The zero-order valence-electron chi connectivity index (χ0n) is 15.2. The quantitative estimate of drug-likeness (QED) is 0.814. The van der Waals surface area contributed by atoms with Gasteiger partial charge in [0.25, 0.3) is 5.91 Å². The van der Waals surface area contributed by atoms with Crippen LogP contribution < -0.4 is 5.32 Å². The normalized spacial score (nSPS) is 19.6. The third-order valence-electron chi connectivity index (χ3n) is 4.85. The van der Waals surface area contributed by atoms with Gasteiger partial charge in [0.15, 0.2) is 5.76 Å². The highest BCUT2D eigenvalue weighted by atomic mass is 16.5. The summed E-state index contributed by atoms with van der Waals surface area (Å²) >= 11 is 0. The van der Waals surface area contributed by atoms with Crippen molar-refractivity contribution < 1.29 is 18.9 Å². The number of piperidine rings is 1. The molecule has 2 aliphatic heterocycles. The molecule has 1 aromatic carbocycles. The van der Waals surface area contributed by atoms with Crippen LogP contribution in [-0.4, -0.2) is 52.8 Å². The molecular weight excluding hydrogens is 348 g/mol. The van der Waals surface area contributed by atoms with Gasteiger partial charge >= 0.3 is 0 Å². The third kappa shape index (κ3) is 3.23. The molecule has 1 fully saturated rings. The zero-order valence-corrected chi connectivity index (χ0v) is 15.2. The Bertz CT molecular complexity index is 934. The van der Waals surface area contributed by atoms with E-state index in [1.807, 2.05) is 37.2 Å². The maximum absolute atomic E-state index is 12.7. The van der Waals surface area contributed by atoms with E-state index < -0.39 is 11.9 Å². The molecule has 0 bridgehead atoms. The molecule has 1 saturated heterocycles. The molecule has 2 aliphatic rings. The van der Waals surface area contributed by atoms with Crippen molar-refractivity contribution in [3.05, 3.63) is 41.2 Å². The summed E-state index contributed by atoms with van der Waals surface area (Å²) in [5.74, 6) is -0.115. The SMILES string of the molecule is CN(C)Cc1cc(-c2ccc3c(c2)CN(C2CCC(=O)NC2=O)C3=O)no1. The standard InChI is InChI=1S/C19H20N4O4/c1-22(2)10-13-8-15(21-27-13)11-3-4-14-12(7-11)9-23(19(14)26)16-5-6-17(24)20-18(16)25/h3-4,7-8,16H,5-6,9-10H2,1-2H3,(H,20,24,25). The lowest BCUT2D eigenvalue weighted by Gasteiger charge is -2.29. The van der Waals surface area contributed by atoms with Crippen LogP contribution in [0, 0.1) is 0 Å². The van der Waals surface area contributed by atoms with E-state index in [0.29, 0.717) is 30.8 Å². The highest BCUT2D eigenvalue weighted by Gasteiger charge is 2.39. The summed E-state index contributed by atoms with van der Waals surface area (Å²) in [6, 6.07) is 6.79. The van der Waals surface area contributed by atoms with Crippen LogP contribution in [0.5, 0.6) is 0 Å². The van der Waals surface area contributed by atoms with Crippen molar-refractivity contribution in [2.75, 3.05) is 14.1 Å². The smallest absolute Gasteiger partial charge is 0.255 e. The van der Waals surface area contributed by atoms with Crippen LogP contribution in [0.2, 0.25) is 0 Å². The molecular formula is C19H20N4O4. The monoisotopic (exact) mass is 368 g/mol. The van der Waals surface area contributed by atoms with Crippen LogP contribution in [0.4, 0.5) is 0 Å². The minimum absolute atomic E-state index is 0.181. The Morgan fingerprint density at radius 1 is 1.26 bits per heavy atom. The first kappa shape index (κ1) is 17.4. The predicted octanol–water partition coefficient (Wildman–Crippen LogP) is 1.16. The topological polar surface area (TPSA) is 95.8 Å². The molecule has 1 aromatic heterocycles. The molecule has 0 spiro atoms. The van der Waals surface area contributed by atoms with Gasteiger partial charge in [0.1, 0.15) is 11.7 Å². The summed E-state index contributed by atoms with van der Waals surface area (Å²) in [6.45, 7) is 0.996. The Morgan fingerprint density at radius 3 is 2.81 bits per heavy atom. The molecule has 3 amide bonds. The number of amides is 3. The molecule has 1 N–H and O–H groups in total. The van der Waals surface area contributed by atoms with Gasteiger partial charge in [-0.1, -0.05) is 11.2 Å². The maximum Gasteiger partial charge on any atom is 0.255 e. The highest BCUT2D eigenvalue weighted by Crippen LogP contribution is 2.31. The van der Waals surface area contributed by atoms with Gasteiger partial charge in [0.05, 0.1) is 6.54 Å². The number of hydrogen-bond donors (Lipinski definition) is 1. The molecule has 2 aromatic rings. The van der Waals surface area contributed by atoms with Gasteiger partial charge in [0, 0.05) is 30.2 Å². The number of carbonyl (C=O) groups excluding carboxylic acids is 3. The lowest BCUT2D eigenvalue weighted by atomic mass is 10.0. The Kier molecular flexibility index (Phi) is 4.27. The summed E-state index contributed by atoms with van der Waals surface area (Å²) in [6.07, 6.45) is 0.601. The molecule has 8 nitrogen and oxygen atoms in total. The average Bonchev–Trinajstić information content (AvgIpc) is 3.19. The van der Waals surface area contributed by atoms with Crippen LogP contribution in [0.1, 0.15) is 34.5 Å². The van der Waals surface area contributed by atoms with Crippen LogP contribution in [0.15, 0.2) is 28.8 Å². The average molecular weight is 368 g/mol. The Hall–Kier alpha value is -3.00. The molecule has 27 heavy (non-hydrogen) atoms. The summed E-state index contributed by atoms with van der Waals surface area (Å²) < 4.78 is 5.36. The Balaban J connectivity index is 1.56. The summed E-state index contributed by atoms with van der Waals surface area (Å²) in [7, 11) is 3.90. The molecule has 4 rings (SSSR count). The fraction of sp³-hybridized carbons (Fsp3) is 0.368. The largest absolute Gasteiger partial charge is 0.359 e. The van der Waals surface area contributed by atoms with E-state index in [2.05, 4.69) is 10.5 Å². The van der Waals surface area contributed by atoms with Crippen molar-refractivity contribution in [3.63, 3.8) is 0 Å². The van der Waals surface area contributed by atoms with Gasteiger partial charge in [-0.25, -0.2) is 0 Å². The number of aromatic nitrogens is 1. The number of imide groups is 1. The van der Waals surface area contributed by atoms with Crippen molar-refractivity contribution in [1.82, 2.24) is 20.3 Å². The van der Waals surface area contributed by atoms with Crippen molar-refractivity contribution in [1.29, 1.82) is 0 Å². The molecule has 8 heteroatoms. The van der Waals surface area contributed by atoms with Crippen LogP contribution in [-0.2, 0) is 22.7 Å². The second-order valence-electron chi connectivity index (χ2n) is 7.19. The summed E-state index contributed by atoms with van der Waals surface area (Å²) in [5.41, 5.74) is 3.00. The highest BCUT2D eigenvalue weighted by molar-refractivity contribution is 6.05. The number of fused-ring (bicyclic) bond motifs is 1. The van der Waals surface area contributed by atoms with Gasteiger partial charge in [-0.3, -0.25) is 19.7 Å². The molecule has 1 atom stereocenters. The second-order valence-corrected chi connectivity index (χ2v) is 7.19. The van der Waals surface area contributed by atoms with E-state index in [-0.39, 0.29) is 18.2 Å². The Morgan fingerprint density at radius 2 is 2.07 bits per heavy atom. The molecule has 140 valence electrons. The number of rotatable bonds is 4. The first-order valence-corrected chi connectivity index (χ1v) is 8.80. The first-order chi connectivity index (χ1) is 12.9. The van der Waals surface area contributed by atoms with Gasteiger partial charge in [-0.2, -0.15) is 0 Å². The zero-order chi connectivity index (χ0) is 19.1. The van der Waals surface area contributed by atoms with E-state index in [9.17, 15) is 14.4 Å². The number of carbonyl (C=O) groups is 3. The predicted molar refractivity (Wildman–Crippen MR) is 95.4 cm³/mol. The van der Waals surface area contributed by atoms with Gasteiger partial charge in [0.2, 0.25) is 11.8 Å². The van der Waals surface area contributed by atoms with Crippen molar-refractivity contribution in [2.45, 2.75) is 32.0 Å². The Labute approximate surface area is 156 Å². The molecule has 0 aliphatic carbocycles. The number of nitrogens with one attached hydrogen (secondary N) is 1. The lowest BCUT2D eigenvalue weighted by molar-refractivity contribution is -0.136. The van der Waals surface area contributed by atoms with E-state index in [1.165, 1.54) is 4.90 Å². The van der Waals surface area contributed by atoms with Gasteiger partial charge < -0.3 is 14.3 Å². The molecule has 3 heterocycles. The number of benzene rings is 1. The molecule has 1 unspecified atom stereocenters. The van der Waals surface area contributed by atoms with Crippen LogP contribution >= 0.6 is 0 Å². The number of hydrogen-bond acceptors (Lipinski definition) is 6. The maximum atomic E-state index is 12.7. The van der Waals surface area contributed by atoms with Crippen molar-refractivity contribution in [2.24, 2.45) is 0 Å². The van der Waals surface area contributed by atoms with Gasteiger partial charge in [-0.05, 0) is 38.2 Å². The van der Waals surface area contributed by atoms with E-state index in [4.69, 9.17) is 4.52 Å². The molecule has 0 radical (unpaired) electrons. The van der Waals surface area contributed by atoms with Crippen LogP contribution in [0.3, 0.4) is 0 Å². The first-order valence-electron chi connectivity index (χ1n) is 8.80. The second kappa shape index (κ2) is 6.62. The fourth-order valence-electron chi connectivity index (χ4n) is 3.57. The minimum atomic E-state index is -0.607. The summed E-state index contributed by atoms with van der Waals surface area (Å²) in [4.78, 5) is 39.7. The van der Waals surface area contributed by atoms with Crippen LogP contribution in [0.25, 0.3) is 11.3 Å². The lowest BCUT2D eigenvalue weighted by Crippen LogP contribution is -2.52. The van der Waals surface area contributed by atoms with E-state index in [1.54, 1.807) is 6.07 Å². The van der Waals surface area contributed by atoms with Crippen molar-refractivity contribution >= 4 is 17.7 Å². The fourth-order valence-corrected chi connectivity index (χ4v) is 3.57. The minimum Gasteiger partial charge on any atom is -0.359 e. The van der Waals surface area contributed by atoms with E-state index in [0.717, 1.165) is 16.9 Å². The van der Waals surface area contributed by atoms with Crippen molar-refractivity contribution in [3.8, 4) is 11.3 Å². The third-order valence-corrected chi connectivity index (χ3v) is 4.85. The number of nitrogens with zero attached hydrogens (tertiary/aromatic N) is 3. The summed E-state index contributed by atoms with van der Waals surface area (Å²) in [5, 5.41) is 6.42.